The number of hydrogen-bond donors (Lipinski definition) is 1. The third-order valence-electron chi connectivity index (χ3n) is 3.49. The van der Waals surface area contributed by atoms with Gasteiger partial charge in [0.25, 0.3) is 0 Å². The van der Waals surface area contributed by atoms with E-state index in [0.29, 0.717) is 0 Å². The lowest BCUT2D eigenvalue weighted by Crippen LogP contribution is -2.04. The van der Waals surface area contributed by atoms with Crippen LogP contribution in [0.25, 0.3) is 10.9 Å². The van der Waals surface area contributed by atoms with Gasteiger partial charge in [0, 0.05) is 23.6 Å². The fourth-order valence-electron chi connectivity index (χ4n) is 2.38. The van der Waals surface area contributed by atoms with Crippen LogP contribution >= 0.6 is 0 Å². The molecule has 0 saturated carbocycles. The maximum absolute atomic E-state index is 5.69. The van der Waals surface area contributed by atoms with Crippen LogP contribution in [0.1, 0.15) is 23.7 Å². The largest absolute Gasteiger partial charge is 0.348 e. The summed E-state index contributed by atoms with van der Waals surface area (Å²) in [6, 6.07) is 6.75. The van der Waals surface area contributed by atoms with Crippen LogP contribution in [0.15, 0.2) is 18.2 Å². The van der Waals surface area contributed by atoms with E-state index in [1.807, 2.05) is 0 Å². The zero-order valence-electron chi connectivity index (χ0n) is 10.4. The average Bonchev–Trinajstić information content (AvgIpc) is 2.54. The number of hydrogen-bond acceptors (Lipinski definition) is 1. The lowest BCUT2D eigenvalue weighted by atomic mass is 10.0. The molecular weight excluding hydrogens is 196 g/mol. The number of rotatable bonds is 3. The molecule has 0 aliphatic rings. The van der Waals surface area contributed by atoms with Gasteiger partial charge in [-0.15, -0.1) is 0 Å². The van der Waals surface area contributed by atoms with Crippen LogP contribution in [-0.4, -0.2) is 11.1 Å². The maximum atomic E-state index is 5.69. The third kappa shape index (κ3) is 1.63. The number of benzene rings is 1. The van der Waals surface area contributed by atoms with E-state index in [9.17, 15) is 0 Å². The van der Waals surface area contributed by atoms with Crippen LogP contribution in [0.2, 0.25) is 0 Å². The molecule has 0 saturated heterocycles. The molecule has 0 spiro atoms. The van der Waals surface area contributed by atoms with Crippen molar-refractivity contribution in [1.82, 2.24) is 4.57 Å². The highest BCUT2D eigenvalue weighted by Crippen LogP contribution is 2.26. The van der Waals surface area contributed by atoms with Crippen LogP contribution in [0.4, 0.5) is 0 Å². The first-order valence-electron chi connectivity index (χ1n) is 5.95. The molecule has 16 heavy (non-hydrogen) atoms. The molecule has 0 unspecified atom stereocenters. The standard InChI is InChI=1S/C14H20N2/c1-4-11-5-6-14-13(9-11)12(7-8-15)10(2)16(14)3/h5-6,9H,4,7-8,15H2,1-3H3. The Bertz CT molecular complexity index is 509. The van der Waals surface area contributed by atoms with E-state index < -0.39 is 0 Å². The zero-order chi connectivity index (χ0) is 11.7. The first kappa shape index (κ1) is 11.2. The highest BCUT2D eigenvalue weighted by atomic mass is 14.9. The molecule has 86 valence electrons. The van der Waals surface area contributed by atoms with E-state index in [4.69, 9.17) is 5.73 Å². The summed E-state index contributed by atoms with van der Waals surface area (Å²) in [7, 11) is 2.13. The molecule has 1 aromatic heterocycles. The first-order valence-corrected chi connectivity index (χ1v) is 5.95. The van der Waals surface area contributed by atoms with Gasteiger partial charge in [-0.05, 0) is 49.6 Å². The van der Waals surface area contributed by atoms with Crippen LogP contribution in [0.3, 0.4) is 0 Å². The van der Waals surface area contributed by atoms with E-state index in [2.05, 4.69) is 43.7 Å². The Kier molecular flexibility index (Phi) is 3.01. The normalized spacial score (nSPS) is 11.2. The van der Waals surface area contributed by atoms with E-state index in [-0.39, 0.29) is 0 Å². The minimum Gasteiger partial charge on any atom is -0.348 e. The fourth-order valence-corrected chi connectivity index (χ4v) is 2.38. The van der Waals surface area contributed by atoms with E-state index >= 15 is 0 Å². The summed E-state index contributed by atoms with van der Waals surface area (Å²) in [5, 5.41) is 1.38. The van der Waals surface area contributed by atoms with E-state index in [1.165, 1.54) is 27.7 Å². The van der Waals surface area contributed by atoms with Crippen molar-refractivity contribution < 1.29 is 0 Å². The van der Waals surface area contributed by atoms with Crippen molar-refractivity contribution in [3.05, 3.63) is 35.0 Å². The van der Waals surface area contributed by atoms with Crippen molar-refractivity contribution in [2.75, 3.05) is 6.54 Å². The summed E-state index contributed by atoms with van der Waals surface area (Å²) < 4.78 is 2.26. The number of aromatic nitrogens is 1. The van der Waals surface area contributed by atoms with Gasteiger partial charge in [-0.1, -0.05) is 13.0 Å². The van der Waals surface area contributed by atoms with Gasteiger partial charge in [0.1, 0.15) is 0 Å². The Morgan fingerprint density at radius 2 is 2.06 bits per heavy atom. The second-order valence-electron chi connectivity index (χ2n) is 4.37. The van der Waals surface area contributed by atoms with Gasteiger partial charge < -0.3 is 10.3 Å². The number of nitrogens with zero attached hydrogens (tertiary/aromatic N) is 1. The highest BCUT2D eigenvalue weighted by molar-refractivity contribution is 5.86. The Hall–Kier alpha value is -1.28. The summed E-state index contributed by atoms with van der Waals surface area (Å²) in [6.45, 7) is 5.09. The molecule has 0 amide bonds. The molecule has 0 radical (unpaired) electrons. The fraction of sp³-hybridized carbons (Fsp3) is 0.429. The summed E-state index contributed by atoms with van der Waals surface area (Å²) >= 11 is 0. The van der Waals surface area contributed by atoms with Gasteiger partial charge in [-0.25, -0.2) is 0 Å². The van der Waals surface area contributed by atoms with Crippen molar-refractivity contribution in [2.24, 2.45) is 12.8 Å². The Balaban J connectivity index is 2.70. The first-order chi connectivity index (χ1) is 7.69. The lowest BCUT2D eigenvalue weighted by molar-refractivity contribution is 0.882. The molecule has 2 N–H and O–H groups in total. The van der Waals surface area contributed by atoms with Crippen molar-refractivity contribution in [3.63, 3.8) is 0 Å². The maximum Gasteiger partial charge on any atom is 0.0482 e. The van der Waals surface area contributed by atoms with E-state index in [0.717, 1.165) is 19.4 Å². The summed E-state index contributed by atoms with van der Waals surface area (Å²) in [6.07, 6.45) is 2.06. The molecule has 0 fully saturated rings. The molecule has 0 bridgehead atoms. The predicted molar refractivity (Wildman–Crippen MR) is 69.8 cm³/mol. The van der Waals surface area contributed by atoms with Crippen molar-refractivity contribution in [1.29, 1.82) is 0 Å². The quantitative estimate of drug-likeness (QED) is 0.840. The minimum absolute atomic E-state index is 0.719. The zero-order valence-corrected chi connectivity index (χ0v) is 10.4. The topological polar surface area (TPSA) is 30.9 Å². The van der Waals surface area contributed by atoms with Gasteiger partial charge >= 0.3 is 0 Å². The third-order valence-corrected chi connectivity index (χ3v) is 3.49. The molecular formula is C14H20N2. The molecule has 2 heteroatoms. The van der Waals surface area contributed by atoms with Crippen molar-refractivity contribution in [3.8, 4) is 0 Å². The van der Waals surface area contributed by atoms with Gasteiger partial charge in [0.05, 0.1) is 0 Å². The number of nitrogens with two attached hydrogens (primary N) is 1. The van der Waals surface area contributed by atoms with Crippen molar-refractivity contribution >= 4 is 10.9 Å². The van der Waals surface area contributed by atoms with Gasteiger partial charge in [-0.3, -0.25) is 0 Å². The molecule has 0 aliphatic heterocycles. The van der Waals surface area contributed by atoms with Crippen LogP contribution in [-0.2, 0) is 19.9 Å². The second-order valence-corrected chi connectivity index (χ2v) is 4.37. The monoisotopic (exact) mass is 216 g/mol. The molecule has 2 nitrogen and oxygen atoms in total. The predicted octanol–water partition coefficient (Wildman–Crippen LogP) is 2.55. The Morgan fingerprint density at radius 3 is 2.69 bits per heavy atom. The second kappa shape index (κ2) is 4.30. The van der Waals surface area contributed by atoms with Crippen LogP contribution < -0.4 is 5.73 Å². The Morgan fingerprint density at radius 1 is 1.31 bits per heavy atom. The number of fused-ring (bicyclic) bond motifs is 1. The molecule has 2 aromatic rings. The smallest absolute Gasteiger partial charge is 0.0482 e. The highest BCUT2D eigenvalue weighted by Gasteiger charge is 2.11. The SMILES string of the molecule is CCc1ccc2c(c1)c(CCN)c(C)n2C. The summed E-state index contributed by atoms with van der Waals surface area (Å²) in [4.78, 5) is 0. The Labute approximate surface area is 97.1 Å². The van der Waals surface area contributed by atoms with E-state index in [1.54, 1.807) is 0 Å². The van der Waals surface area contributed by atoms with Gasteiger partial charge in [-0.2, -0.15) is 0 Å². The van der Waals surface area contributed by atoms with Crippen LogP contribution in [0.5, 0.6) is 0 Å². The average molecular weight is 216 g/mol. The van der Waals surface area contributed by atoms with Gasteiger partial charge in [0.2, 0.25) is 0 Å². The molecule has 2 rings (SSSR count). The number of aryl methyl sites for hydroxylation is 2. The summed E-state index contributed by atoms with van der Waals surface area (Å²) in [5.74, 6) is 0. The summed E-state index contributed by atoms with van der Waals surface area (Å²) in [5.41, 5.74) is 11.2. The molecule has 0 aliphatic carbocycles. The van der Waals surface area contributed by atoms with Crippen LogP contribution in [0, 0.1) is 6.92 Å². The lowest BCUT2D eigenvalue weighted by Gasteiger charge is -2.00. The molecule has 1 heterocycles. The van der Waals surface area contributed by atoms with Crippen molar-refractivity contribution in [2.45, 2.75) is 26.7 Å². The molecule has 1 aromatic carbocycles. The minimum atomic E-state index is 0.719. The molecule has 0 atom stereocenters. The van der Waals surface area contributed by atoms with Gasteiger partial charge in [0.15, 0.2) is 0 Å².